The van der Waals surface area contributed by atoms with Gasteiger partial charge in [0.2, 0.25) is 0 Å². The first-order valence-corrected chi connectivity index (χ1v) is 6.04. The van der Waals surface area contributed by atoms with E-state index < -0.39 is 17.7 Å². The van der Waals surface area contributed by atoms with Gasteiger partial charge >= 0.3 is 6.09 Å². The Labute approximate surface area is 113 Å². The highest BCUT2D eigenvalue weighted by molar-refractivity contribution is 7.80. The second-order valence-corrected chi connectivity index (χ2v) is 5.36. The molecule has 3 N–H and O–H groups in total. The number of hydrogen-bond acceptors (Lipinski definition) is 3. The van der Waals surface area contributed by atoms with Crippen LogP contribution in [0.1, 0.15) is 32.4 Å². The summed E-state index contributed by atoms with van der Waals surface area (Å²) in [5.74, 6) is 0. The van der Waals surface area contributed by atoms with Crippen LogP contribution in [-0.4, -0.2) is 16.7 Å². The average molecular weight is 266 g/mol. The predicted octanol–water partition coefficient (Wildman–Crippen LogP) is 2.54. The molecule has 1 unspecified atom stereocenters. The standard InChI is InChI=1S/C13H18N2O2S/c1-13(2,3)17-12(16)15-10(11(14)18)9-7-5-4-6-8-9/h4-8,10H,1-3H3,(H2,14,18)(H,15,16). The summed E-state index contributed by atoms with van der Waals surface area (Å²) < 4.78 is 5.17. The van der Waals surface area contributed by atoms with E-state index in [1.54, 1.807) is 20.8 Å². The Bertz CT molecular complexity index is 426. The van der Waals surface area contributed by atoms with E-state index in [0.717, 1.165) is 5.56 Å². The van der Waals surface area contributed by atoms with Crippen LogP contribution in [-0.2, 0) is 4.74 Å². The third-order valence-electron chi connectivity index (χ3n) is 2.08. The fourth-order valence-corrected chi connectivity index (χ4v) is 1.58. The number of carbonyl (C=O) groups excluding carboxylic acids is 1. The fourth-order valence-electron chi connectivity index (χ4n) is 1.39. The second-order valence-electron chi connectivity index (χ2n) is 4.89. The molecule has 0 heterocycles. The SMILES string of the molecule is CC(C)(C)OC(=O)NC(C(N)=S)c1ccccc1. The molecule has 1 atom stereocenters. The zero-order valence-electron chi connectivity index (χ0n) is 10.8. The largest absolute Gasteiger partial charge is 0.444 e. The van der Waals surface area contributed by atoms with Gasteiger partial charge in [0.25, 0.3) is 0 Å². The number of hydrogen-bond donors (Lipinski definition) is 2. The van der Waals surface area contributed by atoms with Crippen molar-refractivity contribution >= 4 is 23.3 Å². The first kappa shape index (κ1) is 14.4. The van der Waals surface area contributed by atoms with Crippen LogP contribution >= 0.6 is 12.2 Å². The van der Waals surface area contributed by atoms with Crippen molar-refractivity contribution in [2.24, 2.45) is 5.73 Å². The summed E-state index contributed by atoms with van der Waals surface area (Å²) in [4.78, 5) is 11.9. The van der Waals surface area contributed by atoms with Crippen molar-refractivity contribution in [2.45, 2.75) is 32.4 Å². The highest BCUT2D eigenvalue weighted by atomic mass is 32.1. The van der Waals surface area contributed by atoms with Gasteiger partial charge in [0.1, 0.15) is 16.6 Å². The van der Waals surface area contributed by atoms with Crippen molar-refractivity contribution in [1.29, 1.82) is 0 Å². The molecule has 0 fully saturated rings. The van der Waals surface area contributed by atoms with Crippen LogP contribution < -0.4 is 11.1 Å². The Balaban J connectivity index is 2.77. The van der Waals surface area contributed by atoms with Crippen LogP contribution in [0, 0.1) is 0 Å². The zero-order valence-corrected chi connectivity index (χ0v) is 11.6. The van der Waals surface area contributed by atoms with Crippen molar-refractivity contribution in [2.75, 3.05) is 0 Å². The molecular weight excluding hydrogens is 248 g/mol. The molecule has 0 spiro atoms. The Hall–Kier alpha value is -1.62. The molecule has 4 nitrogen and oxygen atoms in total. The maximum absolute atomic E-state index is 11.7. The van der Waals surface area contributed by atoms with Crippen LogP contribution in [0.4, 0.5) is 4.79 Å². The van der Waals surface area contributed by atoms with Gasteiger partial charge in [0.15, 0.2) is 0 Å². The van der Waals surface area contributed by atoms with Crippen LogP contribution in [0.15, 0.2) is 30.3 Å². The monoisotopic (exact) mass is 266 g/mol. The maximum atomic E-state index is 11.7. The lowest BCUT2D eigenvalue weighted by Crippen LogP contribution is -2.39. The first-order valence-electron chi connectivity index (χ1n) is 5.63. The van der Waals surface area contributed by atoms with Gasteiger partial charge in [-0.2, -0.15) is 0 Å². The molecule has 0 aliphatic rings. The van der Waals surface area contributed by atoms with Gasteiger partial charge in [0, 0.05) is 0 Å². The summed E-state index contributed by atoms with van der Waals surface area (Å²) in [5, 5.41) is 2.66. The Morgan fingerprint density at radius 1 is 1.33 bits per heavy atom. The molecule has 1 rings (SSSR count). The van der Waals surface area contributed by atoms with Crippen LogP contribution in [0.2, 0.25) is 0 Å². The molecule has 0 saturated heterocycles. The van der Waals surface area contributed by atoms with E-state index in [2.05, 4.69) is 5.32 Å². The van der Waals surface area contributed by atoms with Gasteiger partial charge in [-0.15, -0.1) is 0 Å². The summed E-state index contributed by atoms with van der Waals surface area (Å²) >= 11 is 4.97. The van der Waals surface area contributed by atoms with E-state index in [1.807, 2.05) is 30.3 Å². The molecule has 1 aromatic carbocycles. The highest BCUT2D eigenvalue weighted by Crippen LogP contribution is 2.14. The number of benzene rings is 1. The number of rotatable bonds is 3. The molecule has 0 saturated carbocycles. The number of nitrogens with two attached hydrogens (primary N) is 1. The predicted molar refractivity (Wildman–Crippen MR) is 75.3 cm³/mol. The maximum Gasteiger partial charge on any atom is 0.408 e. The fraction of sp³-hybridized carbons (Fsp3) is 0.385. The smallest absolute Gasteiger partial charge is 0.408 e. The summed E-state index contributed by atoms with van der Waals surface area (Å²) in [5.41, 5.74) is 5.92. The molecule has 18 heavy (non-hydrogen) atoms. The lowest BCUT2D eigenvalue weighted by Gasteiger charge is -2.23. The van der Waals surface area contributed by atoms with E-state index in [0.29, 0.717) is 0 Å². The minimum absolute atomic E-state index is 0.201. The van der Waals surface area contributed by atoms with Crippen LogP contribution in [0.3, 0.4) is 0 Å². The van der Waals surface area contributed by atoms with Gasteiger partial charge in [0.05, 0.1) is 0 Å². The van der Waals surface area contributed by atoms with Gasteiger partial charge < -0.3 is 15.8 Å². The number of thiocarbonyl (C=S) groups is 1. The van der Waals surface area contributed by atoms with Gasteiger partial charge in [-0.05, 0) is 26.3 Å². The summed E-state index contributed by atoms with van der Waals surface area (Å²) in [7, 11) is 0. The lowest BCUT2D eigenvalue weighted by atomic mass is 10.1. The van der Waals surface area contributed by atoms with E-state index in [4.69, 9.17) is 22.7 Å². The molecule has 5 heteroatoms. The number of ether oxygens (including phenoxy) is 1. The average Bonchev–Trinajstić information content (AvgIpc) is 2.24. The van der Waals surface area contributed by atoms with E-state index in [9.17, 15) is 4.79 Å². The molecule has 98 valence electrons. The minimum atomic E-state index is -0.554. The topological polar surface area (TPSA) is 64.3 Å². The normalized spacial score (nSPS) is 12.6. The summed E-state index contributed by atoms with van der Waals surface area (Å²) in [6, 6.07) is 8.78. The van der Waals surface area contributed by atoms with Gasteiger partial charge in [-0.25, -0.2) is 4.79 Å². The van der Waals surface area contributed by atoms with Gasteiger partial charge in [-0.1, -0.05) is 42.5 Å². The van der Waals surface area contributed by atoms with Gasteiger partial charge in [-0.3, -0.25) is 0 Å². The minimum Gasteiger partial charge on any atom is -0.444 e. The van der Waals surface area contributed by atoms with E-state index >= 15 is 0 Å². The molecule has 1 amide bonds. The van der Waals surface area contributed by atoms with Crippen LogP contribution in [0.5, 0.6) is 0 Å². The van der Waals surface area contributed by atoms with Crippen molar-refractivity contribution in [3.63, 3.8) is 0 Å². The van der Waals surface area contributed by atoms with Crippen molar-refractivity contribution in [3.05, 3.63) is 35.9 Å². The Kier molecular flexibility index (Phi) is 4.67. The van der Waals surface area contributed by atoms with Crippen molar-refractivity contribution < 1.29 is 9.53 Å². The molecule has 0 aliphatic heterocycles. The molecule has 0 aliphatic carbocycles. The van der Waals surface area contributed by atoms with Crippen molar-refractivity contribution in [3.8, 4) is 0 Å². The third-order valence-corrected chi connectivity index (χ3v) is 2.31. The van der Waals surface area contributed by atoms with E-state index in [1.165, 1.54) is 0 Å². The molecule has 0 aromatic heterocycles. The number of alkyl carbamates (subject to hydrolysis) is 1. The number of amides is 1. The second kappa shape index (κ2) is 5.82. The number of nitrogens with one attached hydrogen (secondary N) is 1. The molecule has 1 aromatic rings. The van der Waals surface area contributed by atoms with E-state index in [-0.39, 0.29) is 4.99 Å². The quantitative estimate of drug-likeness (QED) is 0.825. The summed E-state index contributed by atoms with van der Waals surface area (Å²) in [6.45, 7) is 5.39. The number of carbonyl (C=O) groups is 1. The molecule has 0 radical (unpaired) electrons. The lowest BCUT2D eigenvalue weighted by molar-refractivity contribution is 0.0518. The summed E-state index contributed by atoms with van der Waals surface area (Å²) in [6.07, 6.45) is -0.538. The Morgan fingerprint density at radius 2 is 1.89 bits per heavy atom. The molecular formula is C13H18N2O2S. The molecule has 0 bridgehead atoms. The first-order chi connectivity index (χ1) is 8.29. The third kappa shape index (κ3) is 4.71. The highest BCUT2D eigenvalue weighted by Gasteiger charge is 2.21. The van der Waals surface area contributed by atoms with Crippen molar-refractivity contribution in [1.82, 2.24) is 5.32 Å². The zero-order chi connectivity index (χ0) is 13.8. The van der Waals surface area contributed by atoms with Crippen LogP contribution in [0.25, 0.3) is 0 Å². The Morgan fingerprint density at radius 3 is 2.33 bits per heavy atom.